The maximum atomic E-state index is 12.4. The number of likely N-dealkylation sites (N-methyl/N-ethyl adjacent to an activating group) is 1. The Morgan fingerprint density at radius 1 is 1.37 bits per heavy atom. The molecule has 19 heavy (non-hydrogen) atoms. The normalized spacial score (nSPS) is 39.3. The van der Waals surface area contributed by atoms with Crippen LogP contribution >= 0.6 is 0 Å². The summed E-state index contributed by atoms with van der Waals surface area (Å²) in [6.45, 7) is 0. The Morgan fingerprint density at radius 3 is 2.53 bits per heavy atom. The van der Waals surface area contributed by atoms with Crippen LogP contribution in [0.2, 0.25) is 0 Å². The monoisotopic (exact) mass is 268 g/mol. The molecular weight excluding hydrogens is 248 g/mol. The molecule has 5 unspecified atom stereocenters. The summed E-state index contributed by atoms with van der Waals surface area (Å²) in [5, 5.41) is 10.1. The van der Waals surface area contributed by atoms with E-state index in [0.717, 1.165) is 0 Å². The highest BCUT2D eigenvalue weighted by molar-refractivity contribution is 6.05. The molecule has 0 aromatic rings. The first-order chi connectivity index (χ1) is 8.84. The van der Waals surface area contributed by atoms with Crippen LogP contribution in [0.4, 0.5) is 0 Å². The van der Waals surface area contributed by atoms with Crippen LogP contribution < -0.4 is 5.73 Å². The van der Waals surface area contributed by atoms with E-state index in [1.165, 1.54) is 0 Å². The van der Waals surface area contributed by atoms with E-state index in [1.807, 2.05) is 0 Å². The third-order valence-corrected chi connectivity index (χ3v) is 4.40. The minimum Gasteiger partial charge on any atom is -0.393 e. The van der Waals surface area contributed by atoms with Crippen LogP contribution in [0.1, 0.15) is 19.3 Å². The van der Waals surface area contributed by atoms with Crippen molar-refractivity contribution in [3.63, 3.8) is 0 Å². The summed E-state index contributed by atoms with van der Waals surface area (Å²) in [7, 11) is 3.43. The summed E-state index contributed by atoms with van der Waals surface area (Å²) in [6, 6.07) is -0.615. The number of primary amides is 1. The van der Waals surface area contributed by atoms with Gasteiger partial charge in [0.15, 0.2) is 5.78 Å². The van der Waals surface area contributed by atoms with E-state index in [-0.39, 0.29) is 18.0 Å². The van der Waals surface area contributed by atoms with Gasteiger partial charge in [-0.05, 0) is 26.9 Å². The predicted molar refractivity (Wildman–Crippen MR) is 67.0 cm³/mol. The molecule has 2 saturated carbocycles. The number of nitrogens with zero attached hydrogens (tertiary/aromatic N) is 1. The zero-order valence-corrected chi connectivity index (χ0v) is 11.2. The van der Waals surface area contributed by atoms with E-state index in [2.05, 4.69) is 0 Å². The van der Waals surface area contributed by atoms with Gasteiger partial charge in [-0.15, -0.1) is 0 Å². The molecule has 0 spiro atoms. The molecule has 0 heterocycles. The van der Waals surface area contributed by atoms with Crippen molar-refractivity contribution in [2.45, 2.75) is 31.4 Å². The number of hydrogen-bond donors (Lipinski definition) is 2. The second-order valence-corrected chi connectivity index (χ2v) is 5.76. The first kappa shape index (κ1) is 14.1. The number of fused-ring (bicyclic) bond motifs is 1. The summed E-state index contributed by atoms with van der Waals surface area (Å²) >= 11 is 0. The van der Waals surface area contributed by atoms with E-state index in [1.54, 1.807) is 19.0 Å². The number of rotatable bonds is 2. The molecule has 0 saturated heterocycles. The molecule has 106 valence electrons. The highest BCUT2D eigenvalue weighted by Crippen LogP contribution is 2.41. The van der Waals surface area contributed by atoms with Crippen molar-refractivity contribution < 1.29 is 19.5 Å². The average Bonchev–Trinajstić information content (AvgIpc) is 2.32. The Bertz CT molecular complexity index is 421. The van der Waals surface area contributed by atoms with Gasteiger partial charge in [0.2, 0.25) is 5.91 Å². The highest BCUT2D eigenvalue weighted by Gasteiger charge is 2.53. The number of ketones is 2. The van der Waals surface area contributed by atoms with Crippen molar-refractivity contribution >= 4 is 17.5 Å². The summed E-state index contributed by atoms with van der Waals surface area (Å²) < 4.78 is 0. The van der Waals surface area contributed by atoms with Gasteiger partial charge in [0.05, 0.1) is 18.1 Å². The van der Waals surface area contributed by atoms with E-state index in [4.69, 9.17) is 5.73 Å². The summed E-state index contributed by atoms with van der Waals surface area (Å²) in [4.78, 5) is 37.5. The summed E-state index contributed by atoms with van der Waals surface area (Å²) in [5.74, 6) is -2.69. The fourth-order valence-electron chi connectivity index (χ4n) is 3.49. The lowest BCUT2D eigenvalue weighted by Crippen LogP contribution is -2.60. The average molecular weight is 268 g/mol. The molecule has 2 fully saturated rings. The van der Waals surface area contributed by atoms with Gasteiger partial charge in [-0.1, -0.05) is 0 Å². The fraction of sp³-hybridized carbons (Fsp3) is 0.769. The number of aliphatic hydroxyl groups excluding tert-OH is 1. The second-order valence-electron chi connectivity index (χ2n) is 5.76. The molecular formula is C13H20N2O4. The van der Waals surface area contributed by atoms with E-state index < -0.39 is 35.8 Å². The van der Waals surface area contributed by atoms with E-state index in [9.17, 15) is 19.5 Å². The molecule has 0 bridgehead atoms. The lowest BCUT2D eigenvalue weighted by Gasteiger charge is -2.46. The van der Waals surface area contributed by atoms with Crippen LogP contribution in [0.15, 0.2) is 0 Å². The number of carbonyl (C=O) groups is 3. The fourth-order valence-corrected chi connectivity index (χ4v) is 3.49. The van der Waals surface area contributed by atoms with Gasteiger partial charge in [0.1, 0.15) is 5.78 Å². The third kappa shape index (κ3) is 2.30. The standard InChI is InChI=1S/C13H20N2O4/c1-15(2)11-10-6(8(16)3-4-9(10)17)5-7(12(11)18)13(14)19/h6-7,9-11,17H,3-5H2,1-2H3,(H2,14,19). The predicted octanol–water partition coefficient (Wildman–Crippen LogP) is -1.05. The molecule has 6 nitrogen and oxygen atoms in total. The first-order valence-corrected chi connectivity index (χ1v) is 6.54. The molecule has 6 heteroatoms. The summed E-state index contributed by atoms with van der Waals surface area (Å²) in [6.07, 6.45) is 0.174. The molecule has 3 N–H and O–H groups in total. The molecule has 0 radical (unpaired) electrons. The van der Waals surface area contributed by atoms with Crippen molar-refractivity contribution in [1.82, 2.24) is 4.90 Å². The highest BCUT2D eigenvalue weighted by atomic mass is 16.3. The van der Waals surface area contributed by atoms with Gasteiger partial charge in [-0.3, -0.25) is 19.3 Å². The van der Waals surface area contributed by atoms with Crippen LogP contribution in [0.5, 0.6) is 0 Å². The molecule has 0 aromatic carbocycles. The quantitative estimate of drug-likeness (QED) is 0.622. The second kappa shape index (κ2) is 5.02. The molecule has 2 aliphatic carbocycles. The van der Waals surface area contributed by atoms with Crippen molar-refractivity contribution in [3.05, 3.63) is 0 Å². The number of Topliss-reactive ketones (excluding diaryl/α,β-unsaturated/α-hetero) is 2. The van der Waals surface area contributed by atoms with Crippen molar-refractivity contribution in [3.8, 4) is 0 Å². The Labute approximate surface area is 111 Å². The van der Waals surface area contributed by atoms with Crippen molar-refractivity contribution in [2.75, 3.05) is 14.1 Å². The number of amides is 1. The Hall–Kier alpha value is -1.27. The zero-order chi connectivity index (χ0) is 14.3. The lowest BCUT2D eigenvalue weighted by atomic mass is 9.62. The third-order valence-electron chi connectivity index (χ3n) is 4.40. The van der Waals surface area contributed by atoms with E-state index >= 15 is 0 Å². The smallest absolute Gasteiger partial charge is 0.228 e. The van der Waals surface area contributed by atoms with E-state index in [0.29, 0.717) is 12.8 Å². The molecule has 5 atom stereocenters. The topological polar surface area (TPSA) is 101 Å². The number of carbonyl (C=O) groups excluding carboxylic acids is 3. The molecule has 2 aliphatic rings. The van der Waals surface area contributed by atoms with Crippen LogP contribution in [-0.4, -0.2) is 53.7 Å². The first-order valence-electron chi connectivity index (χ1n) is 6.54. The van der Waals surface area contributed by atoms with Crippen molar-refractivity contribution in [2.24, 2.45) is 23.5 Å². The van der Waals surface area contributed by atoms with Crippen LogP contribution in [-0.2, 0) is 14.4 Å². The SMILES string of the molecule is CN(C)C1C(=O)C(C(N)=O)CC2C(=O)CCC(O)C21. The Kier molecular flexibility index (Phi) is 3.73. The largest absolute Gasteiger partial charge is 0.393 e. The van der Waals surface area contributed by atoms with Crippen LogP contribution in [0.25, 0.3) is 0 Å². The summed E-state index contributed by atoms with van der Waals surface area (Å²) in [5.41, 5.74) is 5.27. The molecule has 1 amide bonds. The number of nitrogens with two attached hydrogens (primary N) is 1. The number of aliphatic hydroxyl groups is 1. The Balaban J connectivity index is 2.39. The Morgan fingerprint density at radius 2 is 2.00 bits per heavy atom. The minimum absolute atomic E-state index is 0.0286. The molecule has 2 rings (SSSR count). The van der Waals surface area contributed by atoms with Gasteiger partial charge in [-0.25, -0.2) is 0 Å². The van der Waals surface area contributed by atoms with Gasteiger partial charge < -0.3 is 10.8 Å². The van der Waals surface area contributed by atoms with Gasteiger partial charge in [-0.2, -0.15) is 0 Å². The van der Waals surface area contributed by atoms with Crippen LogP contribution in [0.3, 0.4) is 0 Å². The molecule has 0 aromatic heterocycles. The lowest BCUT2D eigenvalue weighted by molar-refractivity contribution is -0.152. The number of hydrogen-bond acceptors (Lipinski definition) is 5. The molecule has 0 aliphatic heterocycles. The minimum atomic E-state index is -0.914. The van der Waals surface area contributed by atoms with Gasteiger partial charge in [0.25, 0.3) is 0 Å². The zero-order valence-electron chi connectivity index (χ0n) is 11.2. The van der Waals surface area contributed by atoms with Crippen molar-refractivity contribution in [1.29, 1.82) is 0 Å². The maximum absolute atomic E-state index is 12.4. The maximum Gasteiger partial charge on any atom is 0.228 e. The van der Waals surface area contributed by atoms with Gasteiger partial charge in [0, 0.05) is 18.3 Å². The van der Waals surface area contributed by atoms with Crippen LogP contribution in [0, 0.1) is 17.8 Å². The van der Waals surface area contributed by atoms with Gasteiger partial charge >= 0.3 is 0 Å².